The molecule has 0 spiro atoms. The summed E-state index contributed by atoms with van der Waals surface area (Å²) in [5.74, 6) is 0. The highest BCUT2D eigenvalue weighted by molar-refractivity contribution is 7.09. The fourth-order valence-electron chi connectivity index (χ4n) is 2.24. The van der Waals surface area contributed by atoms with Crippen LogP contribution in [0.25, 0.3) is 0 Å². The third kappa shape index (κ3) is 3.70. The van der Waals surface area contributed by atoms with E-state index in [1.165, 1.54) is 5.01 Å². The molecule has 1 aromatic rings. The quantitative estimate of drug-likeness (QED) is 0.883. The van der Waals surface area contributed by atoms with Gasteiger partial charge in [-0.1, -0.05) is 0 Å². The molecule has 0 radical (unpaired) electrons. The SMILES string of the molecule is Cc1csc(CN2CC(C)NC(C)C2)n1.Cl. The summed E-state index contributed by atoms with van der Waals surface area (Å²) in [6.07, 6.45) is 0. The minimum Gasteiger partial charge on any atom is -0.309 e. The van der Waals surface area contributed by atoms with E-state index < -0.39 is 0 Å². The number of piperazine rings is 1. The average Bonchev–Trinajstić information content (AvgIpc) is 2.49. The molecule has 0 amide bonds. The second-order valence-electron chi connectivity index (χ2n) is 4.55. The van der Waals surface area contributed by atoms with Crippen LogP contribution in [0.4, 0.5) is 0 Å². The normalized spacial score (nSPS) is 26.4. The van der Waals surface area contributed by atoms with E-state index in [9.17, 15) is 0 Å². The van der Waals surface area contributed by atoms with Crippen LogP contribution in [0.2, 0.25) is 0 Å². The summed E-state index contributed by atoms with van der Waals surface area (Å²) in [6, 6.07) is 1.18. The summed E-state index contributed by atoms with van der Waals surface area (Å²) in [5.41, 5.74) is 1.14. The van der Waals surface area contributed by atoms with Gasteiger partial charge in [-0.3, -0.25) is 4.90 Å². The van der Waals surface area contributed by atoms with E-state index in [0.717, 1.165) is 25.3 Å². The van der Waals surface area contributed by atoms with Crippen LogP contribution in [0.5, 0.6) is 0 Å². The Morgan fingerprint density at radius 2 is 2.06 bits per heavy atom. The zero-order valence-corrected chi connectivity index (χ0v) is 11.7. The van der Waals surface area contributed by atoms with Gasteiger partial charge >= 0.3 is 0 Å². The number of hydrogen-bond donors (Lipinski definition) is 1. The molecule has 16 heavy (non-hydrogen) atoms. The van der Waals surface area contributed by atoms with E-state index >= 15 is 0 Å². The Balaban J connectivity index is 0.00000128. The lowest BCUT2D eigenvalue weighted by Gasteiger charge is -2.35. The molecule has 1 aliphatic heterocycles. The first-order valence-electron chi connectivity index (χ1n) is 5.53. The maximum atomic E-state index is 4.51. The number of aryl methyl sites for hydroxylation is 1. The number of rotatable bonds is 2. The Kier molecular flexibility index (Phi) is 5.18. The molecule has 2 unspecified atom stereocenters. The Morgan fingerprint density at radius 3 is 2.56 bits per heavy atom. The summed E-state index contributed by atoms with van der Waals surface area (Å²) in [6.45, 7) is 9.81. The zero-order valence-electron chi connectivity index (χ0n) is 10.1. The molecule has 2 atom stereocenters. The molecule has 0 aromatic carbocycles. The highest BCUT2D eigenvalue weighted by Crippen LogP contribution is 2.14. The maximum Gasteiger partial charge on any atom is 0.107 e. The molecule has 3 nitrogen and oxygen atoms in total. The molecule has 1 aliphatic rings. The van der Waals surface area contributed by atoms with E-state index in [2.05, 4.69) is 41.4 Å². The maximum absolute atomic E-state index is 4.51. The van der Waals surface area contributed by atoms with Crippen LogP contribution in [-0.4, -0.2) is 35.1 Å². The molecular formula is C11H20ClN3S. The van der Waals surface area contributed by atoms with E-state index in [4.69, 9.17) is 0 Å². The van der Waals surface area contributed by atoms with Crippen molar-refractivity contribution < 1.29 is 0 Å². The summed E-state index contributed by atoms with van der Waals surface area (Å²) in [5, 5.41) is 6.92. The fourth-order valence-corrected chi connectivity index (χ4v) is 3.05. The predicted molar refractivity (Wildman–Crippen MR) is 71.4 cm³/mol. The third-order valence-electron chi connectivity index (χ3n) is 2.66. The van der Waals surface area contributed by atoms with Crippen LogP contribution in [0.15, 0.2) is 5.38 Å². The van der Waals surface area contributed by atoms with Crippen LogP contribution in [-0.2, 0) is 6.54 Å². The number of aromatic nitrogens is 1. The Labute approximate surface area is 108 Å². The summed E-state index contributed by atoms with van der Waals surface area (Å²) in [7, 11) is 0. The molecule has 0 aliphatic carbocycles. The second-order valence-corrected chi connectivity index (χ2v) is 5.49. The summed E-state index contributed by atoms with van der Waals surface area (Å²) >= 11 is 1.77. The molecule has 5 heteroatoms. The van der Waals surface area contributed by atoms with Crippen molar-refractivity contribution in [1.82, 2.24) is 15.2 Å². The molecule has 0 bridgehead atoms. The number of halogens is 1. The van der Waals surface area contributed by atoms with Crippen molar-refractivity contribution in [2.45, 2.75) is 39.4 Å². The smallest absolute Gasteiger partial charge is 0.107 e. The number of nitrogens with zero attached hydrogens (tertiary/aromatic N) is 2. The zero-order chi connectivity index (χ0) is 10.8. The standard InChI is InChI=1S/C11H19N3S.ClH/c1-8-4-14(5-9(2)12-8)6-11-13-10(3)7-15-11;/h7-9,12H,4-6H2,1-3H3;1H. The van der Waals surface area contributed by atoms with Crippen LogP contribution in [0, 0.1) is 6.92 Å². The van der Waals surface area contributed by atoms with Crippen LogP contribution < -0.4 is 5.32 Å². The van der Waals surface area contributed by atoms with E-state index in [1.807, 2.05) is 0 Å². The van der Waals surface area contributed by atoms with Crippen LogP contribution in [0.3, 0.4) is 0 Å². The van der Waals surface area contributed by atoms with Crippen LogP contribution in [0.1, 0.15) is 24.5 Å². The Morgan fingerprint density at radius 1 is 1.44 bits per heavy atom. The van der Waals surface area contributed by atoms with Crippen molar-refractivity contribution in [3.63, 3.8) is 0 Å². The first kappa shape index (κ1) is 13.9. The van der Waals surface area contributed by atoms with E-state index in [0.29, 0.717) is 12.1 Å². The van der Waals surface area contributed by atoms with Crippen LogP contribution >= 0.6 is 23.7 Å². The molecular weight excluding hydrogens is 242 g/mol. The predicted octanol–water partition coefficient (Wildman–Crippen LogP) is 2.06. The molecule has 2 rings (SSSR count). The van der Waals surface area contributed by atoms with E-state index in [1.54, 1.807) is 11.3 Å². The lowest BCUT2D eigenvalue weighted by molar-refractivity contribution is 0.166. The molecule has 0 saturated carbocycles. The van der Waals surface area contributed by atoms with E-state index in [-0.39, 0.29) is 12.4 Å². The average molecular weight is 262 g/mol. The van der Waals surface area contributed by atoms with Crippen molar-refractivity contribution in [3.8, 4) is 0 Å². The number of nitrogens with one attached hydrogen (secondary N) is 1. The van der Waals surface area contributed by atoms with Gasteiger partial charge < -0.3 is 5.32 Å². The monoisotopic (exact) mass is 261 g/mol. The first-order valence-corrected chi connectivity index (χ1v) is 6.41. The first-order chi connectivity index (χ1) is 7.13. The minimum absolute atomic E-state index is 0. The van der Waals surface area contributed by atoms with Gasteiger partial charge in [0.2, 0.25) is 0 Å². The molecule has 1 fully saturated rings. The van der Waals surface area contributed by atoms with Crippen molar-refractivity contribution in [3.05, 3.63) is 16.1 Å². The summed E-state index contributed by atoms with van der Waals surface area (Å²) in [4.78, 5) is 7.00. The largest absolute Gasteiger partial charge is 0.309 e. The van der Waals surface area contributed by atoms with Crippen molar-refractivity contribution in [2.75, 3.05) is 13.1 Å². The number of hydrogen-bond acceptors (Lipinski definition) is 4. The topological polar surface area (TPSA) is 28.2 Å². The lowest BCUT2D eigenvalue weighted by atomic mass is 10.1. The van der Waals surface area contributed by atoms with Gasteiger partial charge in [-0.05, 0) is 20.8 Å². The molecule has 2 heterocycles. The second kappa shape index (κ2) is 5.96. The van der Waals surface area contributed by atoms with Crippen molar-refractivity contribution in [1.29, 1.82) is 0 Å². The van der Waals surface area contributed by atoms with Gasteiger partial charge in [0, 0.05) is 36.2 Å². The highest BCUT2D eigenvalue weighted by atomic mass is 35.5. The number of thiazole rings is 1. The van der Waals surface area contributed by atoms with Crippen molar-refractivity contribution >= 4 is 23.7 Å². The molecule has 1 saturated heterocycles. The Hall–Kier alpha value is -0.160. The summed E-state index contributed by atoms with van der Waals surface area (Å²) < 4.78 is 0. The van der Waals surface area contributed by atoms with Gasteiger partial charge in [0.1, 0.15) is 5.01 Å². The van der Waals surface area contributed by atoms with Gasteiger partial charge in [0.15, 0.2) is 0 Å². The van der Waals surface area contributed by atoms with Gasteiger partial charge in [-0.2, -0.15) is 0 Å². The minimum atomic E-state index is 0. The van der Waals surface area contributed by atoms with Gasteiger partial charge in [-0.15, -0.1) is 23.7 Å². The molecule has 1 N–H and O–H groups in total. The van der Waals surface area contributed by atoms with Crippen molar-refractivity contribution in [2.24, 2.45) is 0 Å². The van der Waals surface area contributed by atoms with Gasteiger partial charge in [0.25, 0.3) is 0 Å². The highest BCUT2D eigenvalue weighted by Gasteiger charge is 2.21. The Bertz CT molecular complexity index is 319. The molecule has 1 aromatic heterocycles. The van der Waals surface area contributed by atoms with Gasteiger partial charge in [0.05, 0.1) is 6.54 Å². The van der Waals surface area contributed by atoms with Gasteiger partial charge in [-0.25, -0.2) is 4.98 Å². The fraction of sp³-hybridized carbons (Fsp3) is 0.727. The molecule has 92 valence electrons. The lowest BCUT2D eigenvalue weighted by Crippen LogP contribution is -2.53. The third-order valence-corrected chi connectivity index (χ3v) is 3.61.